The van der Waals surface area contributed by atoms with Crippen LogP contribution in [0.5, 0.6) is 5.75 Å². The number of nitrogens with one attached hydrogen (secondary N) is 1. The Balaban J connectivity index is 1.83. The summed E-state index contributed by atoms with van der Waals surface area (Å²) in [5.74, 6) is -0.0817. The SMILES string of the molecule is Cc1ccc([C@H](C)NC(=O)COc2ccc(F)cc2)cc1. The van der Waals surface area contributed by atoms with Crippen molar-refractivity contribution in [3.05, 3.63) is 65.5 Å². The number of hydrogen-bond donors (Lipinski definition) is 1. The van der Waals surface area contributed by atoms with Crippen molar-refractivity contribution in [2.45, 2.75) is 19.9 Å². The van der Waals surface area contributed by atoms with Gasteiger partial charge in [-0.15, -0.1) is 0 Å². The Morgan fingerprint density at radius 3 is 2.38 bits per heavy atom. The van der Waals surface area contributed by atoms with Crippen molar-refractivity contribution >= 4 is 5.91 Å². The third-order valence-electron chi connectivity index (χ3n) is 3.14. The van der Waals surface area contributed by atoms with Gasteiger partial charge in [0.1, 0.15) is 11.6 Å². The lowest BCUT2D eigenvalue weighted by molar-refractivity contribution is -0.123. The zero-order chi connectivity index (χ0) is 15.2. The summed E-state index contributed by atoms with van der Waals surface area (Å²) in [5.41, 5.74) is 2.22. The fraction of sp³-hybridized carbons (Fsp3) is 0.235. The molecule has 2 aromatic carbocycles. The summed E-state index contributed by atoms with van der Waals surface area (Å²) in [7, 11) is 0. The van der Waals surface area contributed by atoms with Crippen LogP contribution in [0, 0.1) is 12.7 Å². The first-order chi connectivity index (χ1) is 10.0. The minimum atomic E-state index is -0.334. The highest BCUT2D eigenvalue weighted by molar-refractivity contribution is 5.78. The highest BCUT2D eigenvalue weighted by Gasteiger charge is 2.10. The molecule has 110 valence electrons. The van der Waals surface area contributed by atoms with E-state index in [0.29, 0.717) is 5.75 Å². The van der Waals surface area contributed by atoms with Crippen molar-refractivity contribution in [2.75, 3.05) is 6.61 Å². The maximum absolute atomic E-state index is 12.7. The van der Waals surface area contributed by atoms with Crippen molar-refractivity contribution in [2.24, 2.45) is 0 Å². The molecule has 1 atom stereocenters. The minimum Gasteiger partial charge on any atom is -0.484 e. The van der Waals surface area contributed by atoms with Crippen LogP contribution in [-0.2, 0) is 4.79 Å². The second-order valence-electron chi connectivity index (χ2n) is 4.94. The van der Waals surface area contributed by atoms with Gasteiger partial charge in [-0.3, -0.25) is 4.79 Å². The van der Waals surface area contributed by atoms with Crippen LogP contribution in [0.1, 0.15) is 24.1 Å². The van der Waals surface area contributed by atoms with Crippen LogP contribution in [0.15, 0.2) is 48.5 Å². The lowest BCUT2D eigenvalue weighted by Gasteiger charge is -2.15. The summed E-state index contributed by atoms with van der Waals surface area (Å²) in [5, 5.41) is 2.86. The van der Waals surface area contributed by atoms with Gasteiger partial charge in [0, 0.05) is 0 Å². The normalized spacial score (nSPS) is 11.8. The smallest absolute Gasteiger partial charge is 0.258 e. The molecule has 0 aliphatic rings. The van der Waals surface area contributed by atoms with E-state index in [4.69, 9.17) is 4.74 Å². The first-order valence-electron chi connectivity index (χ1n) is 6.79. The summed E-state index contributed by atoms with van der Waals surface area (Å²) in [6, 6.07) is 13.5. The fourth-order valence-corrected chi connectivity index (χ4v) is 1.90. The number of aryl methyl sites for hydroxylation is 1. The Kier molecular flexibility index (Phi) is 4.93. The van der Waals surface area contributed by atoms with Crippen LogP contribution in [0.25, 0.3) is 0 Å². The number of hydrogen-bond acceptors (Lipinski definition) is 2. The Morgan fingerprint density at radius 2 is 1.76 bits per heavy atom. The average Bonchev–Trinajstić information content (AvgIpc) is 2.47. The molecule has 0 radical (unpaired) electrons. The second kappa shape index (κ2) is 6.88. The molecule has 0 saturated carbocycles. The van der Waals surface area contributed by atoms with Crippen molar-refractivity contribution in [3.63, 3.8) is 0 Å². The quantitative estimate of drug-likeness (QED) is 0.915. The topological polar surface area (TPSA) is 38.3 Å². The van der Waals surface area contributed by atoms with Gasteiger partial charge in [-0.05, 0) is 43.7 Å². The summed E-state index contributed by atoms with van der Waals surface area (Å²) in [6.07, 6.45) is 0. The highest BCUT2D eigenvalue weighted by Crippen LogP contribution is 2.13. The number of rotatable bonds is 5. The number of carbonyl (C=O) groups excluding carboxylic acids is 1. The number of amides is 1. The number of halogens is 1. The monoisotopic (exact) mass is 287 g/mol. The van der Waals surface area contributed by atoms with Gasteiger partial charge >= 0.3 is 0 Å². The Morgan fingerprint density at radius 1 is 1.14 bits per heavy atom. The summed E-state index contributed by atoms with van der Waals surface area (Å²) in [4.78, 5) is 11.8. The van der Waals surface area contributed by atoms with E-state index in [2.05, 4.69) is 5.32 Å². The molecule has 1 N–H and O–H groups in total. The maximum Gasteiger partial charge on any atom is 0.258 e. The third kappa shape index (κ3) is 4.60. The first kappa shape index (κ1) is 15.0. The predicted molar refractivity (Wildman–Crippen MR) is 79.6 cm³/mol. The van der Waals surface area contributed by atoms with Crippen LogP contribution in [0.4, 0.5) is 4.39 Å². The molecule has 21 heavy (non-hydrogen) atoms. The molecule has 0 saturated heterocycles. The summed E-state index contributed by atoms with van der Waals surface area (Å²) in [6.45, 7) is 3.84. The number of ether oxygens (including phenoxy) is 1. The first-order valence-corrected chi connectivity index (χ1v) is 6.79. The van der Waals surface area contributed by atoms with Crippen molar-refractivity contribution in [1.82, 2.24) is 5.32 Å². The van der Waals surface area contributed by atoms with Gasteiger partial charge in [0.25, 0.3) is 5.91 Å². The zero-order valence-electron chi connectivity index (χ0n) is 12.1. The van der Waals surface area contributed by atoms with Crippen LogP contribution in [-0.4, -0.2) is 12.5 Å². The molecule has 3 nitrogen and oxygen atoms in total. The molecule has 0 fully saturated rings. The molecule has 2 aromatic rings. The molecule has 0 spiro atoms. The van der Waals surface area contributed by atoms with Gasteiger partial charge in [-0.2, -0.15) is 0 Å². The molecule has 0 aliphatic carbocycles. The van der Waals surface area contributed by atoms with E-state index in [1.54, 1.807) is 0 Å². The summed E-state index contributed by atoms with van der Waals surface area (Å²) >= 11 is 0. The van der Waals surface area contributed by atoms with Crippen LogP contribution in [0.3, 0.4) is 0 Å². The van der Waals surface area contributed by atoms with Gasteiger partial charge < -0.3 is 10.1 Å². The van der Waals surface area contributed by atoms with E-state index in [1.165, 1.54) is 29.8 Å². The van der Waals surface area contributed by atoms with Crippen LogP contribution in [0.2, 0.25) is 0 Å². The van der Waals surface area contributed by atoms with Gasteiger partial charge in [-0.25, -0.2) is 4.39 Å². The van der Waals surface area contributed by atoms with Crippen molar-refractivity contribution < 1.29 is 13.9 Å². The van der Waals surface area contributed by atoms with Gasteiger partial charge in [0.15, 0.2) is 6.61 Å². The molecule has 1 amide bonds. The largest absolute Gasteiger partial charge is 0.484 e. The van der Waals surface area contributed by atoms with Gasteiger partial charge in [0.2, 0.25) is 0 Å². The molecule has 0 aromatic heterocycles. The predicted octanol–water partition coefficient (Wildman–Crippen LogP) is 3.39. The average molecular weight is 287 g/mol. The summed E-state index contributed by atoms with van der Waals surface area (Å²) < 4.78 is 18.0. The van der Waals surface area contributed by atoms with E-state index >= 15 is 0 Å². The molecule has 4 heteroatoms. The molecule has 0 heterocycles. The standard InChI is InChI=1S/C17H18FNO2/c1-12-3-5-14(6-4-12)13(2)19-17(20)11-21-16-9-7-15(18)8-10-16/h3-10,13H,11H2,1-2H3,(H,19,20)/t13-/m0/s1. The minimum absolute atomic E-state index is 0.0880. The molecule has 0 bridgehead atoms. The van der Waals surface area contributed by atoms with Crippen molar-refractivity contribution in [1.29, 1.82) is 0 Å². The second-order valence-corrected chi connectivity index (χ2v) is 4.94. The van der Waals surface area contributed by atoms with E-state index in [-0.39, 0.29) is 24.4 Å². The van der Waals surface area contributed by atoms with E-state index < -0.39 is 0 Å². The molecular formula is C17H18FNO2. The molecule has 0 aliphatic heterocycles. The lowest BCUT2D eigenvalue weighted by Crippen LogP contribution is -2.31. The Bertz CT molecular complexity index is 593. The molecule has 0 unspecified atom stereocenters. The number of carbonyl (C=O) groups is 1. The van der Waals surface area contributed by atoms with E-state index in [9.17, 15) is 9.18 Å². The third-order valence-corrected chi connectivity index (χ3v) is 3.14. The Labute approximate surface area is 123 Å². The number of benzene rings is 2. The maximum atomic E-state index is 12.7. The molecular weight excluding hydrogens is 269 g/mol. The molecule has 2 rings (SSSR count). The van der Waals surface area contributed by atoms with Gasteiger partial charge in [-0.1, -0.05) is 29.8 Å². The Hall–Kier alpha value is -2.36. The van der Waals surface area contributed by atoms with Crippen LogP contribution < -0.4 is 10.1 Å². The van der Waals surface area contributed by atoms with Crippen LogP contribution >= 0.6 is 0 Å². The fourth-order valence-electron chi connectivity index (χ4n) is 1.90. The zero-order valence-corrected chi connectivity index (χ0v) is 12.1. The van der Waals surface area contributed by atoms with Crippen molar-refractivity contribution in [3.8, 4) is 5.75 Å². The van der Waals surface area contributed by atoms with Gasteiger partial charge in [0.05, 0.1) is 6.04 Å². The van der Waals surface area contributed by atoms with E-state index in [0.717, 1.165) is 5.56 Å². The lowest BCUT2D eigenvalue weighted by atomic mass is 10.1. The highest BCUT2D eigenvalue weighted by atomic mass is 19.1. The van der Waals surface area contributed by atoms with E-state index in [1.807, 2.05) is 38.1 Å².